The molecule has 50 valence electrons. The first-order valence-corrected chi connectivity index (χ1v) is 4.90. The van der Waals surface area contributed by atoms with E-state index >= 15 is 0 Å². The summed E-state index contributed by atoms with van der Waals surface area (Å²) in [4.78, 5) is 0. The van der Waals surface area contributed by atoms with E-state index in [0.29, 0.717) is 0 Å². The Bertz CT molecular complexity index is 172. The standard InChI is InChI=1S/C8H9.BrH.Zn/c1-2-8-6-4-3-5-7-8;;/h2-7H,1H3;1H;/q;;+1/p-1. The average molecular weight is 250 g/mol. The molecule has 0 aliphatic rings. The van der Waals surface area contributed by atoms with E-state index in [1.807, 2.05) is 0 Å². The van der Waals surface area contributed by atoms with Crippen molar-refractivity contribution in [2.75, 3.05) is 0 Å². The van der Waals surface area contributed by atoms with E-state index in [1.54, 1.807) is 0 Å². The molecule has 0 saturated carbocycles. The molecular formula is C8H9BrZn. The van der Waals surface area contributed by atoms with Gasteiger partial charge in [0.1, 0.15) is 0 Å². The molecule has 1 unspecified atom stereocenters. The largest absolute Gasteiger partial charge is 1.00 e. The van der Waals surface area contributed by atoms with Gasteiger partial charge in [0.15, 0.2) is 0 Å². The van der Waals surface area contributed by atoms with E-state index in [9.17, 15) is 0 Å². The fourth-order valence-electron chi connectivity index (χ4n) is 0.782. The van der Waals surface area contributed by atoms with Crippen molar-refractivity contribution in [3.05, 3.63) is 35.9 Å². The fraction of sp³-hybridized carbons (Fsp3) is 0.250. The molecule has 10 heavy (non-hydrogen) atoms. The molecule has 1 aromatic rings. The molecule has 0 spiro atoms. The van der Waals surface area contributed by atoms with Gasteiger partial charge in [-0.05, 0) is 0 Å². The van der Waals surface area contributed by atoms with Crippen LogP contribution < -0.4 is 17.0 Å². The summed E-state index contributed by atoms with van der Waals surface area (Å²) in [6, 6.07) is 10.6. The monoisotopic (exact) mass is 248 g/mol. The Morgan fingerprint density at radius 3 is 2.00 bits per heavy atom. The second-order valence-corrected chi connectivity index (χ2v) is 4.88. The second-order valence-electron chi connectivity index (χ2n) is 2.31. The van der Waals surface area contributed by atoms with Gasteiger partial charge in [-0.15, -0.1) is 0 Å². The molecule has 1 atom stereocenters. The molecule has 0 heterocycles. The molecule has 0 saturated heterocycles. The van der Waals surface area contributed by atoms with Gasteiger partial charge in [0.05, 0.1) is 0 Å². The number of hydrogen-bond acceptors (Lipinski definition) is 0. The second kappa shape index (κ2) is 5.04. The molecule has 2 heteroatoms. The first-order valence-electron chi connectivity index (χ1n) is 3.18. The van der Waals surface area contributed by atoms with Crippen molar-refractivity contribution in [3.63, 3.8) is 0 Å². The summed E-state index contributed by atoms with van der Waals surface area (Å²) >= 11 is 1.35. The van der Waals surface area contributed by atoms with Crippen molar-refractivity contribution in [3.8, 4) is 0 Å². The van der Waals surface area contributed by atoms with Crippen LogP contribution in [0.5, 0.6) is 0 Å². The number of rotatable bonds is 1. The van der Waals surface area contributed by atoms with Gasteiger partial charge >= 0.3 is 65.6 Å². The Hall–Kier alpha value is 0.323. The SMILES string of the molecule is C[CH]([Zn+])c1ccccc1.[Br-]. The molecule has 0 nitrogen and oxygen atoms in total. The van der Waals surface area contributed by atoms with Crippen LogP contribution in [0.4, 0.5) is 0 Å². The number of hydrogen-bond donors (Lipinski definition) is 0. The Labute approximate surface area is 82.5 Å². The molecule has 0 aromatic heterocycles. The molecule has 0 amide bonds. The Morgan fingerprint density at radius 1 is 1.20 bits per heavy atom. The molecule has 0 fully saturated rings. The van der Waals surface area contributed by atoms with Gasteiger partial charge in [0.2, 0.25) is 0 Å². The molecule has 0 aliphatic heterocycles. The van der Waals surface area contributed by atoms with Gasteiger partial charge in [-0.2, -0.15) is 0 Å². The third-order valence-electron chi connectivity index (χ3n) is 1.37. The summed E-state index contributed by atoms with van der Waals surface area (Å²) in [7, 11) is 0. The maximum Gasteiger partial charge on any atom is -1.00 e. The minimum absolute atomic E-state index is 0. The van der Waals surface area contributed by atoms with Crippen LogP contribution in [0.2, 0.25) is 0 Å². The third kappa shape index (κ3) is 2.94. The molecule has 1 rings (SSSR count). The Morgan fingerprint density at radius 2 is 1.70 bits per heavy atom. The quantitative estimate of drug-likeness (QED) is 0.578. The Kier molecular flexibility index (Phi) is 5.20. The zero-order valence-electron chi connectivity index (χ0n) is 6.05. The van der Waals surface area contributed by atoms with Crippen LogP contribution in [-0.4, -0.2) is 0 Å². The zero-order chi connectivity index (χ0) is 6.69. The van der Waals surface area contributed by atoms with Crippen LogP contribution >= 0.6 is 0 Å². The van der Waals surface area contributed by atoms with E-state index in [-0.39, 0.29) is 17.0 Å². The summed E-state index contributed by atoms with van der Waals surface area (Å²) in [5, 5.41) is 0. The zero-order valence-corrected chi connectivity index (χ0v) is 10.6. The predicted octanol–water partition coefficient (Wildman–Crippen LogP) is -0.702. The van der Waals surface area contributed by atoms with Crippen molar-refractivity contribution in [2.45, 2.75) is 11.4 Å². The number of benzene rings is 1. The smallest absolute Gasteiger partial charge is 1.00 e. The van der Waals surface area contributed by atoms with Crippen LogP contribution in [0.25, 0.3) is 0 Å². The molecule has 1 aromatic carbocycles. The van der Waals surface area contributed by atoms with Crippen LogP contribution in [0.3, 0.4) is 0 Å². The molecular weight excluding hydrogens is 241 g/mol. The van der Waals surface area contributed by atoms with Gasteiger partial charge in [-0.3, -0.25) is 0 Å². The Balaban J connectivity index is 0.000000810. The van der Waals surface area contributed by atoms with Crippen LogP contribution in [0, 0.1) is 0 Å². The van der Waals surface area contributed by atoms with E-state index in [0.717, 1.165) is 4.51 Å². The summed E-state index contributed by atoms with van der Waals surface area (Å²) < 4.78 is 0.784. The van der Waals surface area contributed by atoms with Crippen LogP contribution in [0.15, 0.2) is 30.3 Å². The van der Waals surface area contributed by atoms with Crippen molar-refractivity contribution >= 4 is 0 Å². The van der Waals surface area contributed by atoms with Crippen molar-refractivity contribution < 1.29 is 35.3 Å². The summed E-state index contributed by atoms with van der Waals surface area (Å²) in [6.45, 7) is 2.26. The summed E-state index contributed by atoms with van der Waals surface area (Å²) in [5.74, 6) is 0. The van der Waals surface area contributed by atoms with Crippen molar-refractivity contribution in [1.82, 2.24) is 0 Å². The van der Waals surface area contributed by atoms with Gasteiger partial charge in [-0.1, -0.05) is 0 Å². The first-order chi connectivity index (χ1) is 4.30. The van der Waals surface area contributed by atoms with E-state index < -0.39 is 0 Å². The molecule has 0 radical (unpaired) electrons. The molecule has 0 N–H and O–H groups in total. The topological polar surface area (TPSA) is 0 Å². The minimum atomic E-state index is 0. The van der Waals surface area contributed by atoms with Crippen molar-refractivity contribution in [2.24, 2.45) is 0 Å². The van der Waals surface area contributed by atoms with Gasteiger partial charge in [-0.25, -0.2) is 0 Å². The van der Waals surface area contributed by atoms with E-state index in [4.69, 9.17) is 0 Å². The van der Waals surface area contributed by atoms with Gasteiger partial charge in [0, 0.05) is 0 Å². The minimum Gasteiger partial charge on any atom is -1.00 e. The maximum atomic E-state index is 2.26. The third-order valence-corrected chi connectivity index (χ3v) is 2.36. The summed E-state index contributed by atoms with van der Waals surface area (Å²) in [5.41, 5.74) is 1.47. The van der Waals surface area contributed by atoms with Gasteiger partial charge < -0.3 is 17.0 Å². The average Bonchev–Trinajstić information content (AvgIpc) is 1.90. The maximum absolute atomic E-state index is 2.26. The molecule has 0 bridgehead atoms. The fourth-order valence-corrected chi connectivity index (χ4v) is 1.35. The van der Waals surface area contributed by atoms with E-state index in [2.05, 4.69) is 37.3 Å². The van der Waals surface area contributed by atoms with Crippen LogP contribution in [0.1, 0.15) is 17.0 Å². The van der Waals surface area contributed by atoms with Crippen LogP contribution in [-0.2, 0) is 18.3 Å². The van der Waals surface area contributed by atoms with Gasteiger partial charge in [0.25, 0.3) is 0 Å². The summed E-state index contributed by atoms with van der Waals surface area (Å²) in [6.07, 6.45) is 0. The molecule has 0 aliphatic carbocycles. The first kappa shape index (κ1) is 10.3. The normalized spacial score (nSPS) is 11.9. The van der Waals surface area contributed by atoms with E-state index in [1.165, 1.54) is 23.9 Å². The predicted molar refractivity (Wildman–Crippen MR) is 34.9 cm³/mol. The number of halogens is 1. The van der Waals surface area contributed by atoms with Crippen molar-refractivity contribution in [1.29, 1.82) is 0 Å².